The average Bonchev–Trinajstić information content (AvgIpc) is 2.83. The molecule has 0 spiro atoms. The van der Waals surface area contributed by atoms with Gasteiger partial charge >= 0.3 is 5.97 Å². The number of fused-ring (bicyclic) bond motifs is 1. The smallest absolute Gasteiger partial charge is 0.323 e. The Hall–Kier alpha value is -2.82. The van der Waals surface area contributed by atoms with Gasteiger partial charge in [0.05, 0.1) is 5.52 Å². The summed E-state index contributed by atoms with van der Waals surface area (Å²) in [5.74, 6) is -1.04. The molecule has 21 heavy (non-hydrogen) atoms. The number of benzene rings is 1. The summed E-state index contributed by atoms with van der Waals surface area (Å²) in [4.78, 5) is 22.5. The molecule has 0 saturated carbocycles. The van der Waals surface area contributed by atoms with E-state index in [4.69, 9.17) is 5.11 Å². The van der Waals surface area contributed by atoms with E-state index in [1.807, 2.05) is 42.1 Å². The van der Waals surface area contributed by atoms with Crippen LogP contribution in [0.5, 0.6) is 0 Å². The first-order valence-electron chi connectivity index (χ1n) is 6.53. The largest absolute Gasteiger partial charge is 0.480 e. The molecule has 0 atom stereocenters. The van der Waals surface area contributed by atoms with E-state index in [-0.39, 0.29) is 12.1 Å². The van der Waals surface area contributed by atoms with Crippen molar-refractivity contribution in [2.45, 2.75) is 6.54 Å². The quantitative estimate of drug-likeness (QED) is 0.800. The number of nitrogens with zero attached hydrogens (tertiary/aromatic N) is 2. The van der Waals surface area contributed by atoms with E-state index in [1.165, 1.54) is 10.6 Å². The van der Waals surface area contributed by atoms with Crippen LogP contribution in [-0.4, -0.2) is 20.2 Å². The number of hydrogen-bond acceptors (Lipinski definition) is 2. The lowest BCUT2D eigenvalue weighted by Crippen LogP contribution is -2.22. The number of aryl methyl sites for hydroxylation is 1. The molecule has 1 N–H and O–H groups in total. The maximum Gasteiger partial charge on any atom is 0.323 e. The average molecular weight is 282 g/mol. The predicted molar refractivity (Wildman–Crippen MR) is 80.3 cm³/mol. The van der Waals surface area contributed by atoms with Crippen molar-refractivity contribution >= 4 is 16.9 Å². The Balaban J connectivity index is 2.21. The summed E-state index contributed by atoms with van der Waals surface area (Å²) in [5, 5.41) is 9.97. The first kappa shape index (κ1) is 13.2. The fraction of sp³-hybridized carbons (Fsp3) is 0.125. The summed E-state index contributed by atoms with van der Waals surface area (Å²) in [5.41, 5.74) is 2.53. The Labute approximate surface area is 120 Å². The van der Waals surface area contributed by atoms with Gasteiger partial charge in [-0.2, -0.15) is 0 Å². The molecule has 0 aliphatic carbocycles. The number of carboxylic acids is 1. The second-order valence-electron chi connectivity index (χ2n) is 4.95. The van der Waals surface area contributed by atoms with E-state index in [1.54, 1.807) is 12.3 Å². The Kier molecular flexibility index (Phi) is 3.10. The van der Waals surface area contributed by atoms with Crippen LogP contribution in [-0.2, 0) is 18.4 Å². The summed E-state index contributed by atoms with van der Waals surface area (Å²) in [6.45, 7) is -0.338. The minimum absolute atomic E-state index is 0.319. The Morgan fingerprint density at radius 2 is 2.00 bits per heavy atom. The molecule has 0 saturated heterocycles. The first-order valence-corrected chi connectivity index (χ1v) is 6.53. The Morgan fingerprint density at radius 3 is 2.76 bits per heavy atom. The second kappa shape index (κ2) is 4.94. The Bertz CT molecular complexity index is 890. The third kappa shape index (κ3) is 2.33. The zero-order chi connectivity index (χ0) is 15.0. The molecule has 1 aromatic carbocycles. The zero-order valence-corrected chi connectivity index (χ0v) is 11.5. The molecule has 0 bridgehead atoms. The van der Waals surface area contributed by atoms with E-state index in [2.05, 4.69) is 0 Å². The van der Waals surface area contributed by atoms with Crippen molar-refractivity contribution in [1.29, 1.82) is 0 Å². The number of para-hydroxylation sites is 1. The molecule has 5 heteroatoms. The molecule has 0 amide bonds. The van der Waals surface area contributed by atoms with Crippen molar-refractivity contribution in [1.82, 2.24) is 9.13 Å². The number of carboxylic acid groups (broad SMARTS) is 1. The third-order valence-electron chi connectivity index (χ3n) is 3.50. The minimum atomic E-state index is -1.04. The van der Waals surface area contributed by atoms with Gasteiger partial charge in [-0.15, -0.1) is 0 Å². The van der Waals surface area contributed by atoms with Gasteiger partial charge in [0.15, 0.2) is 0 Å². The molecule has 2 heterocycles. The van der Waals surface area contributed by atoms with Crippen molar-refractivity contribution in [3.8, 4) is 11.1 Å². The number of hydrogen-bond donors (Lipinski definition) is 1. The van der Waals surface area contributed by atoms with Gasteiger partial charge in [-0.1, -0.05) is 18.2 Å². The van der Waals surface area contributed by atoms with Crippen LogP contribution in [0.1, 0.15) is 0 Å². The summed E-state index contributed by atoms with van der Waals surface area (Å²) in [6, 6.07) is 11.1. The highest BCUT2D eigenvalue weighted by molar-refractivity contribution is 5.94. The number of aliphatic carboxylic acids is 1. The van der Waals surface area contributed by atoms with Gasteiger partial charge < -0.3 is 14.2 Å². The molecule has 106 valence electrons. The molecular weight excluding hydrogens is 268 g/mol. The molecule has 0 radical (unpaired) electrons. The van der Waals surface area contributed by atoms with Gasteiger partial charge in [-0.25, -0.2) is 0 Å². The highest BCUT2D eigenvalue weighted by atomic mass is 16.4. The summed E-state index contributed by atoms with van der Waals surface area (Å²) < 4.78 is 3.22. The number of aromatic nitrogens is 2. The SMILES string of the molecule is Cn1ccc2cccc(-c3ccc(=O)n(CC(=O)O)c3)c21. The van der Waals surface area contributed by atoms with Crippen molar-refractivity contribution in [3.05, 3.63) is 59.1 Å². The molecule has 0 unspecified atom stereocenters. The van der Waals surface area contributed by atoms with Gasteiger partial charge in [-0.3, -0.25) is 9.59 Å². The highest BCUT2D eigenvalue weighted by Crippen LogP contribution is 2.28. The van der Waals surface area contributed by atoms with Gasteiger partial charge in [0.2, 0.25) is 0 Å². The van der Waals surface area contributed by atoms with Crippen LogP contribution in [0.15, 0.2) is 53.6 Å². The lowest BCUT2D eigenvalue weighted by atomic mass is 10.0. The van der Waals surface area contributed by atoms with Crippen molar-refractivity contribution in [2.24, 2.45) is 7.05 Å². The maximum absolute atomic E-state index is 11.7. The van der Waals surface area contributed by atoms with Crippen molar-refractivity contribution in [2.75, 3.05) is 0 Å². The number of carbonyl (C=O) groups is 1. The predicted octanol–water partition coefficient (Wildman–Crippen LogP) is 2.09. The van der Waals surface area contributed by atoms with E-state index < -0.39 is 5.97 Å². The molecule has 0 aliphatic heterocycles. The lowest BCUT2D eigenvalue weighted by Gasteiger charge is -2.09. The van der Waals surface area contributed by atoms with Gasteiger partial charge in [-0.05, 0) is 12.1 Å². The molecule has 0 aliphatic rings. The first-order chi connectivity index (χ1) is 10.1. The van der Waals surface area contributed by atoms with E-state index in [0.29, 0.717) is 0 Å². The molecular formula is C16H14N2O3. The summed E-state index contributed by atoms with van der Waals surface area (Å²) >= 11 is 0. The van der Waals surface area contributed by atoms with Gasteiger partial charge in [0, 0.05) is 42.0 Å². The third-order valence-corrected chi connectivity index (χ3v) is 3.50. The molecule has 2 aromatic heterocycles. The minimum Gasteiger partial charge on any atom is -0.480 e. The summed E-state index contributed by atoms with van der Waals surface area (Å²) in [6.07, 6.45) is 3.57. The van der Waals surface area contributed by atoms with Gasteiger partial charge in [0.25, 0.3) is 5.56 Å². The van der Waals surface area contributed by atoms with Crippen LogP contribution in [0.4, 0.5) is 0 Å². The van der Waals surface area contributed by atoms with Gasteiger partial charge in [0.1, 0.15) is 6.54 Å². The molecule has 5 nitrogen and oxygen atoms in total. The van der Waals surface area contributed by atoms with Crippen LogP contribution < -0.4 is 5.56 Å². The van der Waals surface area contributed by atoms with Crippen LogP contribution in [0.2, 0.25) is 0 Å². The Morgan fingerprint density at radius 1 is 1.19 bits per heavy atom. The van der Waals surface area contributed by atoms with E-state index in [0.717, 1.165) is 22.0 Å². The standard InChI is InChI=1S/C16H14N2O3/c1-17-8-7-11-3-2-4-13(16(11)17)12-5-6-14(19)18(9-12)10-15(20)21/h2-9H,10H2,1H3,(H,20,21). The van der Waals surface area contributed by atoms with Crippen molar-refractivity contribution < 1.29 is 9.90 Å². The van der Waals surface area contributed by atoms with Crippen LogP contribution in [0.3, 0.4) is 0 Å². The normalized spacial score (nSPS) is 10.9. The fourth-order valence-electron chi connectivity index (χ4n) is 2.55. The number of rotatable bonds is 3. The van der Waals surface area contributed by atoms with Crippen LogP contribution in [0.25, 0.3) is 22.0 Å². The van der Waals surface area contributed by atoms with Crippen molar-refractivity contribution in [3.63, 3.8) is 0 Å². The second-order valence-corrected chi connectivity index (χ2v) is 4.95. The van der Waals surface area contributed by atoms with Crippen LogP contribution in [0, 0.1) is 0 Å². The molecule has 3 rings (SSSR count). The maximum atomic E-state index is 11.7. The number of pyridine rings is 1. The van der Waals surface area contributed by atoms with Crippen LogP contribution >= 0.6 is 0 Å². The lowest BCUT2D eigenvalue weighted by molar-refractivity contribution is -0.137. The molecule has 3 aromatic rings. The fourth-order valence-corrected chi connectivity index (χ4v) is 2.55. The summed E-state index contributed by atoms with van der Waals surface area (Å²) in [7, 11) is 1.96. The molecule has 0 fully saturated rings. The van der Waals surface area contributed by atoms with E-state index in [9.17, 15) is 9.59 Å². The van der Waals surface area contributed by atoms with E-state index >= 15 is 0 Å². The topological polar surface area (TPSA) is 64.2 Å². The monoisotopic (exact) mass is 282 g/mol. The zero-order valence-electron chi connectivity index (χ0n) is 11.5. The highest BCUT2D eigenvalue weighted by Gasteiger charge is 2.09.